The molecule has 1 saturated heterocycles. The second kappa shape index (κ2) is 11.3. The van der Waals surface area contributed by atoms with E-state index in [-0.39, 0.29) is 0 Å². The molecule has 4 heterocycles. The molecule has 0 unspecified atom stereocenters. The van der Waals surface area contributed by atoms with Gasteiger partial charge in [0.25, 0.3) is 0 Å². The van der Waals surface area contributed by atoms with E-state index in [9.17, 15) is 0 Å². The SMILES string of the molecule is CCCCCCCCOc1nc(N)c2ncc(Cc3cnc(N4CCCCC4)c(C)c3)n2n1. The smallest absolute Gasteiger partial charge is 0.336 e. The van der Waals surface area contributed by atoms with Gasteiger partial charge in [-0.25, -0.2) is 14.5 Å². The Hall–Kier alpha value is -2.90. The number of nitrogens with two attached hydrogens (primary N) is 1. The first-order valence-electron chi connectivity index (χ1n) is 12.5. The highest BCUT2D eigenvalue weighted by Crippen LogP contribution is 2.23. The van der Waals surface area contributed by atoms with Crippen molar-refractivity contribution in [2.75, 3.05) is 30.3 Å². The van der Waals surface area contributed by atoms with Crippen LogP contribution in [0.4, 0.5) is 11.6 Å². The summed E-state index contributed by atoms with van der Waals surface area (Å²) in [6, 6.07) is 2.53. The molecule has 178 valence electrons. The number of aryl methyl sites for hydroxylation is 1. The maximum absolute atomic E-state index is 6.14. The predicted octanol–water partition coefficient (Wildman–Crippen LogP) is 4.73. The number of rotatable bonds is 11. The van der Waals surface area contributed by atoms with Crippen molar-refractivity contribution in [2.45, 2.75) is 78.1 Å². The molecule has 0 aromatic carbocycles. The van der Waals surface area contributed by atoms with Crippen molar-refractivity contribution in [1.82, 2.24) is 24.6 Å². The molecule has 4 rings (SSSR count). The average molecular weight is 452 g/mol. The summed E-state index contributed by atoms with van der Waals surface area (Å²) >= 11 is 0. The van der Waals surface area contributed by atoms with Gasteiger partial charge in [0.2, 0.25) is 0 Å². The number of anilines is 2. The Morgan fingerprint density at radius 1 is 1.00 bits per heavy atom. The van der Waals surface area contributed by atoms with Crippen LogP contribution in [-0.2, 0) is 6.42 Å². The number of nitrogens with zero attached hydrogens (tertiary/aromatic N) is 6. The number of fused-ring (bicyclic) bond motifs is 1. The molecule has 1 fully saturated rings. The standard InChI is InChI=1S/C25H37N7O/c1-3-4-5-6-7-11-14-33-25-29-22(26)24-28-18-21(32(24)30-25)16-20-15-19(2)23(27-17-20)31-12-9-8-10-13-31/h15,17-18H,3-14,16H2,1-2H3,(H2,26,29,30). The summed E-state index contributed by atoms with van der Waals surface area (Å²) in [7, 11) is 0. The van der Waals surface area contributed by atoms with Crippen LogP contribution in [0.25, 0.3) is 5.65 Å². The molecule has 0 aliphatic carbocycles. The minimum atomic E-state index is 0.308. The predicted molar refractivity (Wildman–Crippen MR) is 132 cm³/mol. The fourth-order valence-electron chi connectivity index (χ4n) is 4.52. The normalized spacial score (nSPS) is 14.2. The summed E-state index contributed by atoms with van der Waals surface area (Å²) in [6.07, 6.45) is 15.5. The number of nitrogen functional groups attached to an aromatic ring is 1. The largest absolute Gasteiger partial charge is 0.462 e. The Morgan fingerprint density at radius 2 is 1.79 bits per heavy atom. The van der Waals surface area contributed by atoms with Crippen molar-refractivity contribution < 1.29 is 4.74 Å². The first kappa shape index (κ1) is 23.3. The molecule has 0 spiro atoms. The summed E-state index contributed by atoms with van der Waals surface area (Å²) in [5, 5.41) is 4.57. The van der Waals surface area contributed by atoms with E-state index in [1.165, 1.54) is 50.5 Å². The van der Waals surface area contributed by atoms with Gasteiger partial charge < -0.3 is 15.4 Å². The zero-order valence-electron chi connectivity index (χ0n) is 20.1. The van der Waals surface area contributed by atoms with E-state index < -0.39 is 0 Å². The third-order valence-corrected chi connectivity index (χ3v) is 6.32. The van der Waals surface area contributed by atoms with Gasteiger partial charge in [0, 0.05) is 25.7 Å². The molecule has 3 aromatic heterocycles. The number of aromatic nitrogens is 5. The first-order valence-corrected chi connectivity index (χ1v) is 12.5. The van der Waals surface area contributed by atoms with Gasteiger partial charge in [-0.1, -0.05) is 45.1 Å². The van der Waals surface area contributed by atoms with Crippen molar-refractivity contribution >= 4 is 17.3 Å². The minimum Gasteiger partial charge on any atom is -0.462 e. The van der Waals surface area contributed by atoms with Crippen LogP contribution in [0, 0.1) is 6.92 Å². The van der Waals surface area contributed by atoms with Gasteiger partial charge in [-0.15, -0.1) is 5.10 Å². The van der Waals surface area contributed by atoms with Gasteiger partial charge >= 0.3 is 6.01 Å². The lowest BCUT2D eigenvalue weighted by Crippen LogP contribution is -2.30. The van der Waals surface area contributed by atoms with Crippen molar-refractivity contribution in [2.24, 2.45) is 0 Å². The lowest BCUT2D eigenvalue weighted by molar-refractivity contribution is 0.276. The van der Waals surface area contributed by atoms with E-state index >= 15 is 0 Å². The fraction of sp³-hybridized carbons (Fsp3) is 0.600. The van der Waals surface area contributed by atoms with E-state index in [2.05, 4.69) is 39.9 Å². The molecular formula is C25H37N7O. The third kappa shape index (κ3) is 5.92. The van der Waals surface area contributed by atoms with Crippen LogP contribution in [0.5, 0.6) is 6.01 Å². The molecular weight excluding hydrogens is 414 g/mol. The van der Waals surface area contributed by atoms with E-state index in [4.69, 9.17) is 15.5 Å². The second-order valence-corrected chi connectivity index (χ2v) is 9.09. The maximum Gasteiger partial charge on any atom is 0.336 e. The molecule has 1 aliphatic heterocycles. The number of piperidine rings is 1. The summed E-state index contributed by atoms with van der Waals surface area (Å²) in [6.45, 7) is 7.16. The number of unbranched alkanes of at least 4 members (excludes halogenated alkanes) is 5. The van der Waals surface area contributed by atoms with Gasteiger partial charge in [0.1, 0.15) is 5.82 Å². The molecule has 8 nitrogen and oxygen atoms in total. The molecule has 1 aliphatic rings. The summed E-state index contributed by atoms with van der Waals surface area (Å²) in [5.41, 5.74) is 9.98. The van der Waals surface area contributed by atoms with Crippen LogP contribution in [-0.4, -0.2) is 44.3 Å². The highest BCUT2D eigenvalue weighted by molar-refractivity contribution is 5.60. The fourth-order valence-corrected chi connectivity index (χ4v) is 4.52. The summed E-state index contributed by atoms with van der Waals surface area (Å²) in [4.78, 5) is 15.9. The zero-order chi connectivity index (χ0) is 23.0. The monoisotopic (exact) mass is 451 g/mol. The van der Waals surface area contributed by atoms with Crippen LogP contribution in [0.3, 0.4) is 0 Å². The van der Waals surface area contributed by atoms with Gasteiger partial charge in [-0.05, 0) is 43.7 Å². The molecule has 2 N–H and O–H groups in total. The lowest BCUT2D eigenvalue weighted by atomic mass is 10.1. The van der Waals surface area contributed by atoms with Crippen molar-refractivity contribution in [1.29, 1.82) is 0 Å². The van der Waals surface area contributed by atoms with Crippen LogP contribution in [0.15, 0.2) is 18.5 Å². The maximum atomic E-state index is 6.14. The lowest BCUT2D eigenvalue weighted by Gasteiger charge is -2.29. The van der Waals surface area contributed by atoms with E-state index in [1.807, 2.05) is 12.4 Å². The molecule has 8 heteroatoms. The van der Waals surface area contributed by atoms with Gasteiger partial charge in [-0.2, -0.15) is 4.98 Å². The number of imidazole rings is 1. The topological polar surface area (TPSA) is 94.5 Å². The Kier molecular flexibility index (Phi) is 7.96. The molecule has 0 amide bonds. The van der Waals surface area contributed by atoms with Crippen LogP contribution < -0.4 is 15.4 Å². The van der Waals surface area contributed by atoms with Gasteiger partial charge in [0.15, 0.2) is 11.5 Å². The number of ether oxygens (including phenoxy) is 1. The Bertz CT molecular complexity index is 1040. The number of hydrogen-bond donors (Lipinski definition) is 1. The Labute approximate surface area is 196 Å². The number of hydrogen-bond acceptors (Lipinski definition) is 7. The van der Waals surface area contributed by atoms with E-state index in [0.717, 1.165) is 43.0 Å². The van der Waals surface area contributed by atoms with Crippen molar-refractivity contribution in [3.8, 4) is 6.01 Å². The van der Waals surface area contributed by atoms with Crippen LogP contribution >= 0.6 is 0 Å². The van der Waals surface area contributed by atoms with Crippen molar-refractivity contribution in [3.05, 3.63) is 35.3 Å². The highest BCUT2D eigenvalue weighted by Gasteiger charge is 2.16. The second-order valence-electron chi connectivity index (χ2n) is 9.09. The van der Waals surface area contributed by atoms with E-state index in [0.29, 0.717) is 30.5 Å². The summed E-state index contributed by atoms with van der Waals surface area (Å²) in [5.74, 6) is 1.44. The highest BCUT2D eigenvalue weighted by atomic mass is 16.5. The molecule has 0 radical (unpaired) electrons. The number of pyridine rings is 1. The molecule has 33 heavy (non-hydrogen) atoms. The van der Waals surface area contributed by atoms with E-state index in [1.54, 1.807) is 4.52 Å². The zero-order valence-corrected chi connectivity index (χ0v) is 20.1. The van der Waals surface area contributed by atoms with Gasteiger partial charge in [0.05, 0.1) is 18.5 Å². The average Bonchev–Trinajstić information content (AvgIpc) is 3.22. The minimum absolute atomic E-state index is 0.308. The summed E-state index contributed by atoms with van der Waals surface area (Å²) < 4.78 is 7.57. The first-order chi connectivity index (χ1) is 16.2. The Balaban J connectivity index is 1.42. The van der Waals surface area contributed by atoms with Crippen LogP contribution in [0.1, 0.15) is 81.5 Å². The third-order valence-electron chi connectivity index (χ3n) is 6.32. The molecule has 0 atom stereocenters. The molecule has 0 bridgehead atoms. The quantitative estimate of drug-likeness (QED) is 0.421. The van der Waals surface area contributed by atoms with Crippen LogP contribution in [0.2, 0.25) is 0 Å². The van der Waals surface area contributed by atoms with Gasteiger partial charge in [-0.3, -0.25) is 0 Å². The van der Waals surface area contributed by atoms with Crippen molar-refractivity contribution in [3.63, 3.8) is 0 Å². The molecule has 3 aromatic rings. The Morgan fingerprint density at radius 3 is 2.58 bits per heavy atom. The molecule has 0 saturated carbocycles.